The van der Waals surface area contributed by atoms with E-state index in [1.807, 2.05) is 31.3 Å². The summed E-state index contributed by atoms with van der Waals surface area (Å²) in [4.78, 5) is 14.4. The average molecular weight is 274 g/mol. The number of carbonyl (C=O) groups is 1. The van der Waals surface area contributed by atoms with Gasteiger partial charge in [0.2, 0.25) is 5.91 Å². The third-order valence-electron chi connectivity index (χ3n) is 4.88. The minimum atomic E-state index is 0.219. The lowest BCUT2D eigenvalue weighted by Crippen LogP contribution is -2.34. The predicted molar refractivity (Wildman–Crippen MR) is 79.0 cm³/mol. The van der Waals surface area contributed by atoms with Gasteiger partial charge in [0.1, 0.15) is 5.75 Å². The molecule has 0 bridgehead atoms. The van der Waals surface area contributed by atoms with Crippen LogP contribution >= 0.6 is 0 Å². The van der Waals surface area contributed by atoms with Crippen LogP contribution in [0.4, 0.5) is 5.69 Å². The summed E-state index contributed by atoms with van der Waals surface area (Å²) >= 11 is 0. The molecule has 4 heteroatoms. The Hall–Kier alpha value is -1.55. The van der Waals surface area contributed by atoms with Crippen molar-refractivity contribution in [2.24, 2.45) is 11.3 Å². The lowest BCUT2D eigenvalue weighted by molar-refractivity contribution is -0.120. The molecular formula is C16H22N2O2. The molecule has 1 saturated carbocycles. The number of amides is 1. The number of ether oxygens (including phenoxy) is 1. The van der Waals surface area contributed by atoms with Crippen LogP contribution in [0.5, 0.6) is 5.75 Å². The molecule has 1 saturated heterocycles. The molecular weight excluding hydrogens is 252 g/mol. The lowest BCUT2D eigenvalue weighted by Gasteiger charge is -2.25. The maximum Gasteiger partial charge on any atom is 0.230 e. The first-order chi connectivity index (χ1) is 9.66. The van der Waals surface area contributed by atoms with Crippen molar-refractivity contribution in [3.63, 3.8) is 0 Å². The minimum absolute atomic E-state index is 0.219. The van der Waals surface area contributed by atoms with Gasteiger partial charge in [0.15, 0.2) is 0 Å². The molecule has 1 heterocycles. The highest BCUT2D eigenvalue weighted by Gasteiger charge is 2.58. The molecule has 2 aliphatic rings. The molecule has 1 aliphatic heterocycles. The lowest BCUT2D eigenvalue weighted by atomic mass is 9.91. The minimum Gasteiger partial charge on any atom is -0.497 e. The van der Waals surface area contributed by atoms with Crippen molar-refractivity contribution >= 4 is 11.6 Å². The molecule has 1 aromatic carbocycles. The van der Waals surface area contributed by atoms with Crippen molar-refractivity contribution < 1.29 is 9.53 Å². The number of nitrogens with zero attached hydrogens (tertiary/aromatic N) is 1. The van der Waals surface area contributed by atoms with E-state index in [9.17, 15) is 4.79 Å². The second kappa shape index (κ2) is 5.09. The predicted octanol–water partition coefficient (Wildman–Crippen LogP) is 2.05. The SMILES string of the molecule is COc1ccc(N(C)C(=O)C2CC23CCNCC3)cc1. The Morgan fingerprint density at radius 2 is 1.95 bits per heavy atom. The maximum absolute atomic E-state index is 12.6. The van der Waals surface area contributed by atoms with Crippen LogP contribution in [-0.4, -0.2) is 33.2 Å². The molecule has 1 amide bonds. The number of rotatable bonds is 3. The fourth-order valence-electron chi connectivity index (χ4n) is 3.34. The van der Waals surface area contributed by atoms with Crippen molar-refractivity contribution in [3.8, 4) is 5.75 Å². The van der Waals surface area contributed by atoms with Gasteiger partial charge in [-0.2, -0.15) is 0 Å². The van der Waals surface area contributed by atoms with Gasteiger partial charge in [-0.1, -0.05) is 0 Å². The number of hydrogen-bond donors (Lipinski definition) is 1. The van der Waals surface area contributed by atoms with Crippen LogP contribution in [-0.2, 0) is 4.79 Å². The first kappa shape index (κ1) is 13.4. The van der Waals surface area contributed by atoms with Gasteiger partial charge >= 0.3 is 0 Å². The highest BCUT2D eigenvalue weighted by molar-refractivity contribution is 5.97. The van der Waals surface area contributed by atoms with Gasteiger partial charge < -0.3 is 15.0 Å². The fourth-order valence-corrected chi connectivity index (χ4v) is 3.34. The molecule has 20 heavy (non-hydrogen) atoms. The van der Waals surface area contributed by atoms with E-state index in [0.717, 1.165) is 43.8 Å². The normalized spacial score (nSPS) is 23.4. The number of methoxy groups -OCH3 is 1. The van der Waals surface area contributed by atoms with Crippen molar-refractivity contribution in [2.45, 2.75) is 19.3 Å². The van der Waals surface area contributed by atoms with E-state index in [-0.39, 0.29) is 11.8 Å². The van der Waals surface area contributed by atoms with Gasteiger partial charge in [0.05, 0.1) is 7.11 Å². The number of carbonyl (C=O) groups excluding carboxylic acids is 1. The summed E-state index contributed by atoms with van der Waals surface area (Å²) < 4.78 is 5.15. The summed E-state index contributed by atoms with van der Waals surface area (Å²) in [7, 11) is 3.52. The van der Waals surface area contributed by atoms with Crippen LogP contribution in [0.15, 0.2) is 24.3 Å². The van der Waals surface area contributed by atoms with E-state index < -0.39 is 0 Å². The smallest absolute Gasteiger partial charge is 0.230 e. The van der Waals surface area contributed by atoms with E-state index in [2.05, 4.69) is 5.32 Å². The number of nitrogens with one attached hydrogen (secondary N) is 1. The second-order valence-corrected chi connectivity index (χ2v) is 5.96. The number of benzene rings is 1. The monoisotopic (exact) mass is 274 g/mol. The summed E-state index contributed by atoms with van der Waals surface area (Å²) in [5.41, 5.74) is 1.23. The fraction of sp³-hybridized carbons (Fsp3) is 0.562. The number of piperidine rings is 1. The molecule has 0 aromatic heterocycles. The Morgan fingerprint density at radius 3 is 2.55 bits per heavy atom. The zero-order valence-electron chi connectivity index (χ0n) is 12.2. The quantitative estimate of drug-likeness (QED) is 0.917. The van der Waals surface area contributed by atoms with Crippen LogP contribution in [0.2, 0.25) is 0 Å². The summed E-state index contributed by atoms with van der Waals surface area (Å²) in [6.07, 6.45) is 3.34. The van der Waals surface area contributed by atoms with E-state index in [4.69, 9.17) is 4.74 Å². The van der Waals surface area contributed by atoms with Crippen LogP contribution in [0, 0.1) is 11.3 Å². The second-order valence-electron chi connectivity index (χ2n) is 5.96. The molecule has 1 aromatic rings. The number of anilines is 1. The van der Waals surface area contributed by atoms with E-state index in [1.54, 1.807) is 12.0 Å². The van der Waals surface area contributed by atoms with Gasteiger partial charge in [-0.05, 0) is 62.0 Å². The van der Waals surface area contributed by atoms with Crippen molar-refractivity contribution in [1.29, 1.82) is 0 Å². The molecule has 2 fully saturated rings. The molecule has 1 N–H and O–H groups in total. The highest BCUT2D eigenvalue weighted by atomic mass is 16.5. The van der Waals surface area contributed by atoms with Crippen LogP contribution < -0.4 is 15.0 Å². The van der Waals surface area contributed by atoms with Crippen LogP contribution in [0.1, 0.15) is 19.3 Å². The van der Waals surface area contributed by atoms with Crippen LogP contribution in [0.25, 0.3) is 0 Å². The Morgan fingerprint density at radius 1 is 1.30 bits per heavy atom. The molecule has 0 radical (unpaired) electrons. The molecule has 1 unspecified atom stereocenters. The molecule has 1 atom stereocenters. The zero-order valence-corrected chi connectivity index (χ0v) is 12.2. The molecule has 3 rings (SSSR count). The Labute approximate surface area is 120 Å². The van der Waals surface area contributed by atoms with Crippen molar-refractivity contribution in [2.75, 3.05) is 32.1 Å². The molecule has 1 spiro atoms. The topological polar surface area (TPSA) is 41.6 Å². The van der Waals surface area contributed by atoms with Gasteiger partial charge in [-0.15, -0.1) is 0 Å². The number of hydrogen-bond acceptors (Lipinski definition) is 3. The summed E-state index contributed by atoms with van der Waals surface area (Å²) in [5, 5.41) is 3.37. The summed E-state index contributed by atoms with van der Waals surface area (Å²) in [6.45, 7) is 2.10. The van der Waals surface area contributed by atoms with Gasteiger partial charge in [0.25, 0.3) is 0 Å². The summed E-state index contributed by atoms with van der Waals surface area (Å²) in [5.74, 6) is 1.30. The first-order valence-electron chi connectivity index (χ1n) is 7.29. The van der Waals surface area contributed by atoms with Gasteiger partial charge in [-0.25, -0.2) is 0 Å². The van der Waals surface area contributed by atoms with E-state index in [0.29, 0.717) is 5.41 Å². The van der Waals surface area contributed by atoms with E-state index >= 15 is 0 Å². The van der Waals surface area contributed by atoms with Crippen LogP contribution in [0.3, 0.4) is 0 Å². The first-order valence-corrected chi connectivity index (χ1v) is 7.29. The Balaban J connectivity index is 1.68. The average Bonchev–Trinajstić information content (AvgIpc) is 3.19. The Bertz CT molecular complexity index is 492. The van der Waals surface area contributed by atoms with Gasteiger partial charge in [-0.3, -0.25) is 4.79 Å². The Kier molecular flexibility index (Phi) is 3.42. The largest absolute Gasteiger partial charge is 0.497 e. The maximum atomic E-state index is 12.6. The summed E-state index contributed by atoms with van der Waals surface area (Å²) in [6, 6.07) is 7.67. The van der Waals surface area contributed by atoms with Crippen molar-refractivity contribution in [1.82, 2.24) is 5.32 Å². The highest BCUT2D eigenvalue weighted by Crippen LogP contribution is 2.59. The molecule has 4 nitrogen and oxygen atoms in total. The van der Waals surface area contributed by atoms with E-state index in [1.165, 1.54) is 0 Å². The van der Waals surface area contributed by atoms with Crippen molar-refractivity contribution in [3.05, 3.63) is 24.3 Å². The standard InChI is InChI=1S/C16H22N2O2/c1-18(12-3-5-13(20-2)6-4-12)15(19)14-11-16(14)7-9-17-10-8-16/h3-6,14,17H,7-11H2,1-2H3. The van der Waals surface area contributed by atoms with Gasteiger partial charge in [0, 0.05) is 18.7 Å². The molecule has 108 valence electrons. The zero-order chi connectivity index (χ0) is 14.2. The molecule has 1 aliphatic carbocycles. The third-order valence-corrected chi connectivity index (χ3v) is 4.88. The third kappa shape index (κ3) is 2.29.